The van der Waals surface area contributed by atoms with Crippen LogP contribution in [0, 0.1) is 5.82 Å². The highest BCUT2D eigenvalue weighted by Crippen LogP contribution is 2.41. The van der Waals surface area contributed by atoms with Crippen LogP contribution in [0.25, 0.3) is 0 Å². The number of carbonyl (C=O) groups excluding carboxylic acids is 2. The lowest BCUT2D eigenvalue weighted by Gasteiger charge is -2.50. The van der Waals surface area contributed by atoms with Gasteiger partial charge in [-0.25, -0.2) is 19.2 Å². The predicted octanol–water partition coefficient (Wildman–Crippen LogP) is 3.85. The van der Waals surface area contributed by atoms with E-state index in [9.17, 15) is 18.8 Å². The first-order valence-corrected chi connectivity index (χ1v) is 11.9. The summed E-state index contributed by atoms with van der Waals surface area (Å²) in [6.07, 6.45) is 2.41. The van der Waals surface area contributed by atoms with Gasteiger partial charge < -0.3 is 20.6 Å². The molecule has 0 atom stereocenters. The zero-order valence-corrected chi connectivity index (χ0v) is 21.1. The molecule has 1 saturated heterocycles. The summed E-state index contributed by atoms with van der Waals surface area (Å²) >= 11 is 5.90. The van der Waals surface area contributed by atoms with Crippen molar-refractivity contribution in [1.29, 1.82) is 0 Å². The Balaban J connectivity index is 1.73. The lowest BCUT2D eigenvalue weighted by atomic mass is 9.69. The molecule has 0 bridgehead atoms. The van der Waals surface area contributed by atoms with Crippen LogP contribution in [-0.4, -0.2) is 53.0 Å². The summed E-state index contributed by atoms with van der Waals surface area (Å²) in [5, 5.41) is 14.1. The van der Waals surface area contributed by atoms with Crippen LogP contribution < -0.4 is 15.5 Å². The van der Waals surface area contributed by atoms with E-state index in [1.165, 1.54) is 25.5 Å². The third-order valence-electron chi connectivity index (χ3n) is 6.40. The second-order valence-corrected chi connectivity index (χ2v) is 9.51. The van der Waals surface area contributed by atoms with Gasteiger partial charge in [0.05, 0.1) is 21.8 Å². The average molecular weight is 526 g/mol. The normalized spacial score (nSPS) is 14.2. The number of carbonyl (C=O) groups is 3. The zero-order chi connectivity index (χ0) is 26.9. The summed E-state index contributed by atoms with van der Waals surface area (Å²) < 4.78 is 14.4. The molecule has 192 valence electrons. The van der Waals surface area contributed by atoms with Crippen molar-refractivity contribution >= 4 is 41.0 Å². The van der Waals surface area contributed by atoms with Crippen LogP contribution in [-0.2, 0) is 10.2 Å². The van der Waals surface area contributed by atoms with E-state index in [-0.39, 0.29) is 46.8 Å². The Morgan fingerprint density at radius 1 is 1.14 bits per heavy atom. The molecule has 9 nitrogen and oxygen atoms in total. The number of carboxylic acids is 1. The van der Waals surface area contributed by atoms with Gasteiger partial charge in [-0.15, -0.1) is 0 Å². The number of rotatable bonds is 7. The first-order chi connectivity index (χ1) is 17.6. The van der Waals surface area contributed by atoms with Crippen LogP contribution >= 0.6 is 11.6 Å². The van der Waals surface area contributed by atoms with E-state index < -0.39 is 29.0 Å². The highest BCUT2D eigenvalue weighted by atomic mass is 35.5. The second-order valence-electron chi connectivity index (χ2n) is 9.10. The molecule has 0 saturated carbocycles. The molecule has 3 N–H and O–H groups in total. The maximum atomic E-state index is 14.4. The van der Waals surface area contributed by atoms with Gasteiger partial charge in [0, 0.05) is 32.5 Å². The first-order valence-electron chi connectivity index (χ1n) is 11.5. The predicted molar refractivity (Wildman–Crippen MR) is 137 cm³/mol. The minimum absolute atomic E-state index is 0.00633. The molecule has 3 aromatic rings. The molecule has 1 aliphatic heterocycles. The average Bonchev–Trinajstić information content (AvgIpc) is 2.85. The number of hydrogen-bond donors (Lipinski definition) is 3. The van der Waals surface area contributed by atoms with Crippen molar-refractivity contribution in [2.24, 2.45) is 0 Å². The van der Waals surface area contributed by atoms with Crippen molar-refractivity contribution in [1.82, 2.24) is 15.3 Å². The SMILES string of the molecule is CNC(=O)c1cc(Cl)c(F)cc1NC(=O)C1(c2ccccc2C(C)C)CN(c2ncc(C(=O)O)cn2)C1. The molecular formula is C26H25ClFN5O4. The third kappa shape index (κ3) is 4.84. The fourth-order valence-electron chi connectivity index (χ4n) is 4.43. The largest absolute Gasteiger partial charge is 0.478 e. The second kappa shape index (κ2) is 10.1. The summed E-state index contributed by atoms with van der Waals surface area (Å²) in [4.78, 5) is 47.5. The molecule has 0 aliphatic carbocycles. The molecule has 2 heterocycles. The van der Waals surface area contributed by atoms with Crippen LogP contribution in [0.1, 0.15) is 51.6 Å². The molecule has 0 radical (unpaired) electrons. The molecule has 2 amide bonds. The van der Waals surface area contributed by atoms with Gasteiger partial charge in [-0.3, -0.25) is 9.59 Å². The maximum Gasteiger partial charge on any atom is 0.338 e. The molecular weight excluding hydrogens is 501 g/mol. The molecule has 1 fully saturated rings. The van der Waals surface area contributed by atoms with Crippen molar-refractivity contribution in [2.75, 3.05) is 30.4 Å². The Hall–Kier alpha value is -4.05. The molecule has 0 spiro atoms. The number of halogens is 2. The highest BCUT2D eigenvalue weighted by molar-refractivity contribution is 6.31. The number of aromatic carboxylic acids is 1. The quantitative estimate of drug-likeness (QED) is 0.428. The van der Waals surface area contributed by atoms with Crippen LogP contribution in [0.15, 0.2) is 48.8 Å². The van der Waals surface area contributed by atoms with E-state index in [2.05, 4.69) is 20.6 Å². The van der Waals surface area contributed by atoms with Gasteiger partial charge in [0.15, 0.2) is 0 Å². The fourth-order valence-corrected chi connectivity index (χ4v) is 4.59. The smallest absolute Gasteiger partial charge is 0.338 e. The number of hydrogen-bond acceptors (Lipinski definition) is 6. The van der Waals surface area contributed by atoms with Gasteiger partial charge in [0.1, 0.15) is 11.2 Å². The third-order valence-corrected chi connectivity index (χ3v) is 6.69. The van der Waals surface area contributed by atoms with Gasteiger partial charge in [0.2, 0.25) is 11.9 Å². The van der Waals surface area contributed by atoms with Gasteiger partial charge in [-0.1, -0.05) is 49.7 Å². The van der Waals surface area contributed by atoms with E-state index in [1.807, 2.05) is 38.1 Å². The highest BCUT2D eigenvalue weighted by Gasteiger charge is 2.52. The van der Waals surface area contributed by atoms with Gasteiger partial charge in [0.25, 0.3) is 5.91 Å². The molecule has 1 aromatic heterocycles. The van der Waals surface area contributed by atoms with Crippen LogP contribution in [0.5, 0.6) is 0 Å². The lowest BCUT2D eigenvalue weighted by Crippen LogP contribution is -2.66. The van der Waals surface area contributed by atoms with E-state index in [0.29, 0.717) is 0 Å². The van der Waals surface area contributed by atoms with Crippen LogP contribution in [0.4, 0.5) is 16.0 Å². The summed E-state index contributed by atoms with van der Waals surface area (Å²) in [7, 11) is 1.42. The molecule has 0 unspecified atom stereocenters. The Morgan fingerprint density at radius 2 is 1.78 bits per heavy atom. The van der Waals surface area contributed by atoms with Crippen molar-refractivity contribution in [2.45, 2.75) is 25.2 Å². The van der Waals surface area contributed by atoms with Crippen LogP contribution in [0.2, 0.25) is 5.02 Å². The summed E-state index contributed by atoms with van der Waals surface area (Å²) in [6, 6.07) is 9.76. The molecule has 37 heavy (non-hydrogen) atoms. The number of amides is 2. The standard InChI is InChI=1S/C26H25ClFN5O4/c1-14(2)16-6-4-5-7-18(16)26(12-33(13-26)25-30-10-15(11-31-25)23(35)36)24(37)32-21-9-20(28)19(27)8-17(21)22(34)29-3/h4-11,14H,12-13H2,1-3H3,(H,29,34)(H,32,37)(H,35,36). The van der Waals surface area contributed by atoms with Gasteiger partial charge in [-0.2, -0.15) is 0 Å². The number of anilines is 2. The number of benzene rings is 2. The number of nitrogens with zero attached hydrogens (tertiary/aromatic N) is 3. The van der Waals surface area contributed by atoms with E-state index in [1.54, 1.807) is 4.90 Å². The van der Waals surface area contributed by atoms with E-state index in [4.69, 9.17) is 16.7 Å². The van der Waals surface area contributed by atoms with E-state index in [0.717, 1.165) is 17.2 Å². The molecule has 2 aromatic carbocycles. The first kappa shape index (κ1) is 26.0. The van der Waals surface area contributed by atoms with Crippen molar-refractivity contribution in [3.63, 3.8) is 0 Å². The minimum Gasteiger partial charge on any atom is -0.478 e. The monoisotopic (exact) mass is 525 g/mol. The number of nitrogens with one attached hydrogen (secondary N) is 2. The van der Waals surface area contributed by atoms with Gasteiger partial charge >= 0.3 is 5.97 Å². The van der Waals surface area contributed by atoms with Crippen molar-refractivity contribution in [3.05, 3.63) is 81.9 Å². The Morgan fingerprint density at radius 3 is 2.38 bits per heavy atom. The molecule has 1 aliphatic rings. The molecule has 4 rings (SSSR count). The van der Waals surface area contributed by atoms with Crippen molar-refractivity contribution in [3.8, 4) is 0 Å². The summed E-state index contributed by atoms with van der Waals surface area (Å²) in [5.41, 5.74) is 0.646. The summed E-state index contributed by atoms with van der Waals surface area (Å²) in [6.45, 7) is 4.40. The fraction of sp³-hybridized carbons (Fsp3) is 0.269. The summed E-state index contributed by atoms with van der Waals surface area (Å²) in [5.74, 6) is -2.50. The molecule has 11 heteroatoms. The topological polar surface area (TPSA) is 125 Å². The zero-order valence-electron chi connectivity index (χ0n) is 20.4. The maximum absolute atomic E-state index is 14.4. The van der Waals surface area contributed by atoms with Crippen LogP contribution in [0.3, 0.4) is 0 Å². The lowest BCUT2D eigenvalue weighted by molar-refractivity contribution is -0.122. The van der Waals surface area contributed by atoms with E-state index >= 15 is 0 Å². The Bertz CT molecular complexity index is 1370. The van der Waals surface area contributed by atoms with Crippen molar-refractivity contribution < 1.29 is 23.9 Å². The number of aromatic nitrogens is 2. The minimum atomic E-state index is -1.14. The Kier molecular flexibility index (Phi) is 7.13. The number of carboxylic acid groups (broad SMARTS) is 1. The Labute approximate surface area is 217 Å². The van der Waals surface area contributed by atoms with Gasteiger partial charge in [-0.05, 0) is 29.2 Å².